The fourth-order valence-corrected chi connectivity index (χ4v) is 2.48. The van der Waals surface area contributed by atoms with Gasteiger partial charge in [-0.25, -0.2) is 0 Å². The smallest absolute Gasteiger partial charge is 0.200 e. The second-order valence-electron chi connectivity index (χ2n) is 5.65. The average molecular weight is 370 g/mol. The lowest BCUT2D eigenvalue weighted by Gasteiger charge is -2.09. The number of carbonyl (C=O) groups is 1. The minimum absolute atomic E-state index is 0.0679. The molecule has 0 spiro atoms. The SMILES string of the molecule is COc1cc(/C=C/C/C(C=O)=C\c2cc(OC)c(O)c(OC)c2)ccc1O. The van der Waals surface area contributed by atoms with Crippen molar-refractivity contribution in [2.24, 2.45) is 0 Å². The van der Waals surface area contributed by atoms with Crippen molar-refractivity contribution in [3.63, 3.8) is 0 Å². The van der Waals surface area contributed by atoms with E-state index in [1.807, 2.05) is 12.2 Å². The molecule has 0 saturated heterocycles. The van der Waals surface area contributed by atoms with Gasteiger partial charge < -0.3 is 24.4 Å². The molecule has 0 amide bonds. The van der Waals surface area contributed by atoms with E-state index in [9.17, 15) is 15.0 Å². The highest BCUT2D eigenvalue weighted by Gasteiger charge is 2.10. The summed E-state index contributed by atoms with van der Waals surface area (Å²) in [6.45, 7) is 0. The van der Waals surface area contributed by atoms with E-state index in [0.717, 1.165) is 11.8 Å². The summed E-state index contributed by atoms with van der Waals surface area (Å²) in [6.07, 6.45) is 6.53. The van der Waals surface area contributed by atoms with E-state index in [4.69, 9.17) is 14.2 Å². The quantitative estimate of drug-likeness (QED) is 0.543. The summed E-state index contributed by atoms with van der Waals surface area (Å²) in [5.41, 5.74) is 2.04. The van der Waals surface area contributed by atoms with Crippen LogP contribution in [0.4, 0.5) is 0 Å². The molecule has 0 aliphatic heterocycles. The zero-order chi connectivity index (χ0) is 19.8. The molecule has 142 valence electrons. The fourth-order valence-electron chi connectivity index (χ4n) is 2.48. The molecule has 27 heavy (non-hydrogen) atoms. The van der Waals surface area contributed by atoms with Crippen LogP contribution in [0.5, 0.6) is 28.7 Å². The number of methoxy groups -OCH3 is 3. The van der Waals surface area contributed by atoms with E-state index in [1.165, 1.54) is 21.3 Å². The molecule has 2 aromatic rings. The number of phenolic OH excluding ortho intramolecular Hbond substituents is 2. The lowest BCUT2D eigenvalue weighted by atomic mass is 10.1. The Balaban J connectivity index is 2.21. The molecule has 6 heteroatoms. The Kier molecular flexibility index (Phi) is 6.88. The molecule has 0 aromatic heterocycles. The highest BCUT2D eigenvalue weighted by molar-refractivity contribution is 5.83. The Bertz CT molecular complexity index is 842. The summed E-state index contributed by atoms with van der Waals surface area (Å²) in [5.74, 6) is 0.881. The van der Waals surface area contributed by atoms with Crippen LogP contribution in [-0.4, -0.2) is 37.8 Å². The lowest BCUT2D eigenvalue weighted by molar-refractivity contribution is -0.104. The first-order chi connectivity index (χ1) is 13.0. The number of ether oxygens (including phenoxy) is 3. The van der Waals surface area contributed by atoms with Crippen LogP contribution in [0.2, 0.25) is 0 Å². The Morgan fingerprint density at radius 1 is 0.926 bits per heavy atom. The van der Waals surface area contributed by atoms with Crippen molar-refractivity contribution in [3.05, 3.63) is 53.1 Å². The van der Waals surface area contributed by atoms with E-state index in [0.29, 0.717) is 23.3 Å². The van der Waals surface area contributed by atoms with E-state index in [-0.39, 0.29) is 23.0 Å². The van der Waals surface area contributed by atoms with E-state index in [1.54, 1.807) is 36.4 Å². The van der Waals surface area contributed by atoms with Gasteiger partial charge in [0.25, 0.3) is 0 Å². The van der Waals surface area contributed by atoms with Gasteiger partial charge >= 0.3 is 0 Å². The fraction of sp³-hybridized carbons (Fsp3) is 0.190. The number of aldehydes is 1. The summed E-state index contributed by atoms with van der Waals surface area (Å²) in [5, 5.41) is 19.6. The van der Waals surface area contributed by atoms with Crippen molar-refractivity contribution in [3.8, 4) is 28.7 Å². The van der Waals surface area contributed by atoms with Gasteiger partial charge in [0.2, 0.25) is 5.75 Å². The van der Waals surface area contributed by atoms with Gasteiger partial charge in [0.15, 0.2) is 23.0 Å². The van der Waals surface area contributed by atoms with Crippen molar-refractivity contribution in [2.75, 3.05) is 21.3 Å². The predicted octanol–water partition coefficient (Wildman–Crippen LogP) is 3.81. The van der Waals surface area contributed by atoms with E-state index < -0.39 is 0 Å². The number of allylic oxidation sites excluding steroid dienone is 2. The van der Waals surface area contributed by atoms with Gasteiger partial charge in [-0.1, -0.05) is 18.2 Å². The third-order valence-electron chi connectivity index (χ3n) is 3.87. The molecule has 0 unspecified atom stereocenters. The molecular formula is C21H22O6. The zero-order valence-corrected chi connectivity index (χ0v) is 15.4. The second kappa shape index (κ2) is 9.33. The van der Waals surface area contributed by atoms with Crippen LogP contribution < -0.4 is 14.2 Å². The average Bonchev–Trinajstić information content (AvgIpc) is 2.69. The van der Waals surface area contributed by atoms with Crippen molar-refractivity contribution < 1.29 is 29.2 Å². The van der Waals surface area contributed by atoms with E-state index in [2.05, 4.69) is 0 Å². The number of aromatic hydroxyl groups is 2. The second-order valence-corrected chi connectivity index (χ2v) is 5.65. The molecule has 6 nitrogen and oxygen atoms in total. The number of phenols is 2. The van der Waals surface area contributed by atoms with Crippen LogP contribution in [0.3, 0.4) is 0 Å². The Morgan fingerprint density at radius 3 is 2.07 bits per heavy atom. The monoisotopic (exact) mass is 370 g/mol. The molecule has 2 aromatic carbocycles. The summed E-state index contributed by atoms with van der Waals surface area (Å²) < 4.78 is 15.3. The van der Waals surface area contributed by atoms with Gasteiger partial charge in [-0.15, -0.1) is 0 Å². The van der Waals surface area contributed by atoms with Gasteiger partial charge in [-0.05, 0) is 53.5 Å². The van der Waals surface area contributed by atoms with E-state index >= 15 is 0 Å². The number of hydrogen-bond donors (Lipinski definition) is 2. The Hall–Kier alpha value is -3.41. The first-order valence-electron chi connectivity index (χ1n) is 8.16. The summed E-state index contributed by atoms with van der Waals surface area (Å²) >= 11 is 0. The molecule has 0 saturated carbocycles. The molecular weight excluding hydrogens is 348 g/mol. The lowest BCUT2D eigenvalue weighted by Crippen LogP contribution is -1.91. The van der Waals surface area contributed by atoms with Crippen LogP contribution in [0.1, 0.15) is 17.5 Å². The standard InChI is InChI=1S/C21H22O6/c1-25-18-10-14(7-8-17(18)23)5-4-6-15(13-22)9-16-11-19(26-2)21(24)20(12-16)27-3/h4-5,7-13,23-24H,6H2,1-3H3/b5-4+,15-9+. The highest BCUT2D eigenvalue weighted by atomic mass is 16.5. The molecule has 2 N–H and O–H groups in total. The van der Waals surface area contributed by atoms with Crippen molar-refractivity contribution in [2.45, 2.75) is 6.42 Å². The number of benzene rings is 2. The van der Waals surface area contributed by atoms with Gasteiger partial charge in [-0.2, -0.15) is 0 Å². The molecule has 2 rings (SSSR count). The molecule has 0 aliphatic rings. The first-order valence-corrected chi connectivity index (χ1v) is 8.16. The van der Waals surface area contributed by atoms with Crippen LogP contribution in [0.25, 0.3) is 12.2 Å². The van der Waals surface area contributed by atoms with Crippen LogP contribution >= 0.6 is 0 Å². The summed E-state index contributed by atoms with van der Waals surface area (Å²) in [6, 6.07) is 8.23. The maximum absolute atomic E-state index is 11.4. The summed E-state index contributed by atoms with van der Waals surface area (Å²) in [4.78, 5) is 11.4. The van der Waals surface area contributed by atoms with Gasteiger partial charge in [-0.3, -0.25) is 4.79 Å². The van der Waals surface area contributed by atoms with Crippen molar-refractivity contribution in [1.82, 2.24) is 0 Å². The largest absolute Gasteiger partial charge is 0.504 e. The third-order valence-corrected chi connectivity index (χ3v) is 3.87. The van der Waals surface area contributed by atoms with Gasteiger partial charge in [0.05, 0.1) is 21.3 Å². The molecule has 0 fully saturated rings. The van der Waals surface area contributed by atoms with Crippen molar-refractivity contribution in [1.29, 1.82) is 0 Å². The summed E-state index contributed by atoms with van der Waals surface area (Å²) in [7, 11) is 4.37. The maximum atomic E-state index is 11.4. The van der Waals surface area contributed by atoms with Crippen molar-refractivity contribution >= 4 is 18.4 Å². The first kappa shape index (κ1) is 19.9. The molecule has 0 heterocycles. The number of rotatable bonds is 8. The van der Waals surface area contributed by atoms with Gasteiger partial charge in [0.1, 0.15) is 6.29 Å². The Labute approximate surface area is 157 Å². The molecule has 0 radical (unpaired) electrons. The minimum atomic E-state index is -0.0917. The van der Waals surface area contributed by atoms with Crippen LogP contribution in [-0.2, 0) is 4.79 Å². The highest BCUT2D eigenvalue weighted by Crippen LogP contribution is 2.37. The molecule has 0 aliphatic carbocycles. The number of carbonyl (C=O) groups excluding carboxylic acids is 1. The Morgan fingerprint density at radius 2 is 1.52 bits per heavy atom. The van der Waals surface area contributed by atoms with Gasteiger partial charge in [0, 0.05) is 0 Å². The maximum Gasteiger partial charge on any atom is 0.200 e. The minimum Gasteiger partial charge on any atom is -0.504 e. The number of hydrogen-bond acceptors (Lipinski definition) is 6. The zero-order valence-electron chi connectivity index (χ0n) is 15.4. The van der Waals surface area contributed by atoms with Crippen LogP contribution in [0.15, 0.2) is 42.0 Å². The predicted molar refractivity (Wildman–Crippen MR) is 104 cm³/mol. The normalized spacial score (nSPS) is 11.4. The van der Waals surface area contributed by atoms with Crippen LogP contribution in [0, 0.1) is 0 Å². The molecule has 0 atom stereocenters. The third kappa shape index (κ3) is 5.04. The topological polar surface area (TPSA) is 85.2 Å². The molecule has 0 bridgehead atoms.